The number of anilines is 1. The lowest BCUT2D eigenvalue weighted by Gasteiger charge is -2.19. The number of hydrogen-bond donors (Lipinski definition) is 2. The summed E-state index contributed by atoms with van der Waals surface area (Å²) in [7, 11) is 0. The first kappa shape index (κ1) is 20.0. The van der Waals surface area contributed by atoms with Gasteiger partial charge in [0.25, 0.3) is 5.91 Å². The Morgan fingerprint density at radius 3 is 2.42 bits per heavy atom. The number of benzene rings is 2. The lowest BCUT2D eigenvalue weighted by molar-refractivity contribution is -0.118. The second kappa shape index (κ2) is 10.0. The lowest BCUT2D eigenvalue weighted by Crippen LogP contribution is -2.44. The largest absolute Gasteiger partial charge is 0.340 e. The van der Waals surface area contributed by atoms with E-state index in [1.807, 2.05) is 48.7 Å². The standard InChI is InChI=1S/C21H26N2O2S/c1-15(2)17-10-7-11-18(14-17)22-21(25)19(12-13-26-3)23-20(24)16-8-5-4-6-9-16/h4-11,14-15,19H,12-13H2,1-3H3,(H,22,25)(H,23,24)/t19-/m0/s1. The summed E-state index contributed by atoms with van der Waals surface area (Å²) in [5.74, 6) is 0.753. The molecule has 2 rings (SSSR count). The Kier molecular flexibility index (Phi) is 7.73. The summed E-state index contributed by atoms with van der Waals surface area (Å²) in [6, 6.07) is 16.2. The highest BCUT2D eigenvalue weighted by molar-refractivity contribution is 7.98. The predicted molar refractivity (Wildman–Crippen MR) is 110 cm³/mol. The van der Waals surface area contributed by atoms with Gasteiger partial charge in [0.05, 0.1) is 0 Å². The van der Waals surface area contributed by atoms with Crippen LogP contribution in [0.3, 0.4) is 0 Å². The second-order valence-electron chi connectivity index (χ2n) is 6.44. The zero-order valence-corrected chi connectivity index (χ0v) is 16.3. The van der Waals surface area contributed by atoms with Crippen LogP contribution in [-0.2, 0) is 4.79 Å². The zero-order chi connectivity index (χ0) is 18.9. The van der Waals surface area contributed by atoms with Gasteiger partial charge in [0.1, 0.15) is 6.04 Å². The number of amides is 2. The Labute approximate surface area is 159 Å². The molecule has 0 spiro atoms. The van der Waals surface area contributed by atoms with Gasteiger partial charge in [0.2, 0.25) is 5.91 Å². The fourth-order valence-electron chi connectivity index (χ4n) is 2.54. The van der Waals surface area contributed by atoms with Gasteiger partial charge in [-0.05, 0) is 54.2 Å². The van der Waals surface area contributed by atoms with Crippen molar-refractivity contribution in [3.8, 4) is 0 Å². The topological polar surface area (TPSA) is 58.2 Å². The fraction of sp³-hybridized carbons (Fsp3) is 0.333. The molecule has 2 aromatic rings. The van der Waals surface area contributed by atoms with Gasteiger partial charge in [-0.1, -0.05) is 44.2 Å². The van der Waals surface area contributed by atoms with E-state index < -0.39 is 6.04 Å². The molecule has 0 radical (unpaired) electrons. The SMILES string of the molecule is CSCC[C@H](NC(=O)c1ccccc1)C(=O)Nc1cccc(C(C)C)c1. The molecule has 5 heteroatoms. The Hall–Kier alpha value is -2.27. The van der Waals surface area contributed by atoms with E-state index in [2.05, 4.69) is 24.5 Å². The van der Waals surface area contributed by atoms with Gasteiger partial charge >= 0.3 is 0 Å². The summed E-state index contributed by atoms with van der Waals surface area (Å²) in [5, 5.41) is 5.80. The maximum atomic E-state index is 12.7. The van der Waals surface area contributed by atoms with Crippen molar-refractivity contribution in [2.45, 2.75) is 32.2 Å². The molecule has 0 fully saturated rings. The Bertz CT molecular complexity index is 732. The van der Waals surface area contributed by atoms with Crippen molar-refractivity contribution in [1.29, 1.82) is 0 Å². The maximum absolute atomic E-state index is 12.7. The first-order chi connectivity index (χ1) is 12.5. The minimum atomic E-state index is -0.571. The normalized spacial score (nSPS) is 11.8. The van der Waals surface area contributed by atoms with Gasteiger partial charge < -0.3 is 10.6 Å². The minimum Gasteiger partial charge on any atom is -0.340 e. The summed E-state index contributed by atoms with van der Waals surface area (Å²) in [6.07, 6.45) is 2.57. The van der Waals surface area contributed by atoms with E-state index in [4.69, 9.17) is 0 Å². The van der Waals surface area contributed by atoms with E-state index in [1.54, 1.807) is 23.9 Å². The van der Waals surface area contributed by atoms with E-state index in [0.717, 1.165) is 17.0 Å². The summed E-state index contributed by atoms with van der Waals surface area (Å²) >= 11 is 1.65. The zero-order valence-electron chi connectivity index (χ0n) is 15.5. The third-order valence-corrected chi connectivity index (χ3v) is 4.73. The van der Waals surface area contributed by atoms with Crippen molar-refractivity contribution >= 4 is 29.3 Å². The van der Waals surface area contributed by atoms with Gasteiger partial charge in [0, 0.05) is 11.3 Å². The van der Waals surface area contributed by atoms with Crippen molar-refractivity contribution in [2.75, 3.05) is 17.3 Å². The molecule has 26 heavy (non-hydrogen) atoms. The van der Waals surface area contributed by atoms with E-state index >= 15 is 0 Å². The molecule has 0 unspecified atom stereocenters. The van der Waals surface area contributed by atoms with Crippen molar-refractivity contribution in [1.82, 2.24) is 5.32 Å². The van der Waals surface area contributed by atoms with Crippen molar-refractivity contribution in [3.05, 3.63) is 65.7 Å². The minimum absolute atomic E-state index is 0.191. The van der Waals surface area contributed by atoms with Crippen LogP contribution in [0.2, 0.25) is 0 Å². The van der Waals surface area contributed by atoms with Crippen LogP contribution in [0.4, 0.5) is 5.69 Å². The molecule has 4 nitrogen and oxygen atoms in total. The van der Waals surface area contributed by atoms with Gasteiger partial charge in [-0.25, -0.2) is 0 Å². The van der Waals surface area contributed by atoms with Crippen LogP contribution in [0.5, 0.6) is 0 Å². The molecule has 0 bridgehead atoms. The van der Waals surface area contributed by atoms with Crippen LogP contribution in [0.15, 0.2) is 54.6 Å². The molecular formula is C21H26N2O2S. The lowest BCUT2D eigenvalue weighted by atomic mass is 10.0. The van der Waals surface area contributed by atoms with Crippen LogP contribution in [-0.4, -0.2) is 29.9 Å². The quantitative estimate of drug-likeness (QED) is 0.728. The van der Waals surface area contributed by atoms with Crippen molar-refractivity contribution < 1.29 is 9.59 Å². The van der Waals surface area contributed by atoms with Crippen LogP contribution in [0, 0.1) is 0 Å². The molecule has 138 valence electrons. The van der Waals surface area contributed by atoms with Crippen LogP contribution in [0.1, 0.15) is 42.1 Å². The monoisotopic (exact) mass is 370 g/mol. The van der Waals surface area contributed by atoms with E-state index in [0.29, 0.717) is 17.9 Å². The third kappa shape index (κ3) is 5.92. The molecule has 0 aromatic heterocycles. The number of nitrogens with one attached hydrogen (secondary N) is 2. The number of carbonyl (C=O) groups is 2. The molecule has 2 N–H and O–H groups in total. The molecule has 1 atom stereocenters. The first-order valence-electron chi connectivity index (χ1n) is 8.77. The Balaban J connectivity index is 2.09. The van der Waals surface area contributed by atoms with E-state index in [9.17, 15) is 9.59 Å². The number of thioether (sulfide) groups is 1. The highest BCUT2D eigenvalue weighted by Crippen LogP contribution is 2.19. The summed E-state index contributed by atoms with van der Waals surface area (Å²) < 4.78 is 0. The third-order valence-electron chi connectivity index (χ3n) is 4.09. The molecule has 2 amide bonds. The van der Waals surface area contributed by atoms with Crippen molar-refractivity contribution in [2.24, 2.45) is 0 Å². The predicted octanol–water partition coefficient (Wildman–Crippen LogP) is 4.30. The van der Waals surface area contributed by atoms with Crippen LogP contribution >= 0.6 is 11.8 Å². The summed E-state index contributed by atoms with van der Waals surface area (Å²) in [5.41, 5.74) is 2.47. The molecular weight excluding hydrogens is 344 g/mol. The maximum Gasteiger partial charge on any atom is 0.251 e. The second-order valence-corrected chi connectivity index (χ2v) is 7.43. The molecule has 0 saturated heterocycles. The summed E-state index contributed by atoms with van der Waals surface area (Å²) in [6.45, 7) is 4.23. The van der Waals surface area contributed by atoms with E-state index in [1.165, 1.54) is 0 Å². The van der Waals surface area contributed by atoms with Gasteiger partial charge in [-0.2, -0.15) is 11.8 Å². The molecule has 0 aliphatic carbocycles. The fourth-order valence-corrected chi connectivity index (χ4v) is 3.01. The average molecular weight is 371 g/mol. The van der Waals surface area contributed by atoms with Crippen LogP contribution in [0.25, 0.3) is 0 Å². The van der Waals surface area contributed by atoms with Gasteiger partial charge in [0.15, 0.2) is 0 Å². The molecule has 0 aliphatic rings. The highest BCUT2D eigenvalue weighted by Gasteiger charge is 2.21. The number of hydrogen-bond acceptors (Lipinski definition) is 3. The molecule has 0 heterocycles. The molecule has 0 aliphatic heterocycles. The summed E-state index contributed by atoms with van der Waals surface area (Å²) in [4.78, 5) is 25.2. The Morgan fingerprint density at radius 2 is 1.77 bits per heavy atom. The van der Waals surface area contributed by atoms with E-state index in [-0.39, 0.29) is 11.8 Å². The number of rotatable bonds is 8. The highest BCUT2D eigenvalue weighted by atomic mass is 32.2. The van der Waals surface area contributed by atoms with Crippen molar-refractivity contribution in [3.63, 3.8) is 0 Å². The molecule has 2 aromatic carbocycles. The Morgan fingerprint density at radius 1 is 1.04 bits per heavy atom. The van der Waals surface area contributed by atoms with Crippen LogP contribution < -0.4 is 10.6 Å². The van der Waals surface area contributed by atoms with Gasteiger partial charge in [-0.15, -0.1) is 0 Å². The number of carbonyl (C=O) groups excluding carboxylic acids is 2. The smallest absolute Gasteiger partial charge is 0.251 e. The first-order valence-corrected chi connectivity index (χ1v) is 10.2. The van der Waals surface area contributed by atoms with Gasteiger partial charge in [-0.3, -0.25) is 9.59 Å². The molecule has 0 saturated carbocycles. The average Bonchev–Trinajstić information content (AvgIpc) is 2.65.